The van der Waals surface area contributed by atoms with Gasteiger partial charge in [-0.3, -0.25) is 4.79 Å². The molecule has 0 bridgehead atoms. The highest BCUT2D eigenvalue weighted by Crippen LogP contribution is 2.34. The van der Waals surface area contributed by atoms with Crippen molar-refractivity contribution in [2.24, 2.45) is 0 Å². The predicted molar refractivity (Wildman–Crippen MR) is 93.7 cm³/mol. The molecule has 1 unspecified atom stereocenters. The normalized spacial score (nSPS) is 13.0. The van der Waals surface area contributed by atoms with Crippen LogP contribution >= 0.6 is 11.6 Å². The monoisotopic (exact) mass is 377 g/mol. The van der Waals surface area contributed by atoms with Crippen LogP contribution in [-0.4, -0.2) is 31.4 Å². The topological polar surface area (TPSA) is 83.1 Å². The summed E-state index contributed by atoms with van der Waals surface area (Å²) in [6.07, 6.45) is -0.990. The second kappa shape index (κ2) is 7.97. The molecule has 1 heterocycles. The van der Waals surface area contributed by atoms with Crippen molar-refractivity contribution in [3.63, 3.8) is 0 Å². The van der Waals surface area contributed by atoms with Gasteiger partial charge in [0, 0.05) is 16.8 Å². The number of benzene rings is 2. The first-order valence-electron chi connectivity index (χ1n) is 7.79. The smallest absolute Gasteiger partial charge is 0.344 e. The van der Waals surface area contributed by atoms with E-state index < -0.39 is 18.0 Å². The number of ether oxygens (including phenoxy) is 4. The first-order valence-corrected chi connectivity index (χ1v) is 8.17. The van der Waals surface area contributed by atoms with Crippen LogP contribution in [0.4, 0.5) is 5.69 Å². The molecule has 26 heavy (non-hydrogen) atoms. The first kappa shape index (κ1) is 17.9. The fourth-order valence-corrected chi connectivity index (χ4v) is 2.38. The highest BCUT2D eigenvalue weighted by molar-refractivity contribution is 6.30. The van der Waals surface area contributed by atoms with Crippen LogP contribution in [0.1, 0.15) is 6.92 Å². The SMILES string of the molecule is CC(OC(=O)COc1cccc(Cl)c1)C(=O)Nc1ccc2c(c1)OCO2. The molecule has 0 radical (unpaired) electrons. The van der Waals surface area contributed by atoms with Gasteiger partial charge in [0.25, 0.3) is 5.91 Å². The lowest BCUT2D eigenvalue weighted by molar-refractivity contribution is -0.155. The van der Waals surface area contributed by atoms with Crippen LogP contribution in [0.5, 0.6) is 17.2 Å². The molecule has 0 aliphatic carbocycles. The van der Waals surface area contributed by atoms with E-state index >= 15 is 0 Å². The van der Waals surface area contributed by atoms with Crippen molar-refractivity contribution in [2.75, 3.05) is 18.7 Å². The Labute approximate surface area is 154 Å². The zero-order valence-electron chi connectivity index (χ0n) is 13.9. The van der Waals surface area contributed by atoms with E-state index in [1.165, 1.54) is 6.92 Å². The third kappa shape index (κ3) is 4.58. The quantitative estimate of drug-likeness (QED) is 0.779. The van der Waals surface area contributed by atoms with Crippen LogP contribution in [0, 0.1) is 0 Å². The number of nitrogens with one attached hydrogen (secondary N) is 1. The lowest BCUT2D eigenvalue weighted by Crippen LogP contribution is -2.31. The molecule has 3 rings (SSSR count). The molecule has 0 fully saturated rings. The Morgan fingerprint density at radius 2 is 2.00 bits per heavy atom. The molecule has 0 spiro atoms. The number of hydrogen-bond donors (Lipinski definition) is 1. The Bertz CT molecular complexity index is 825. The summed E-state index contributed by atoms with van der Waals surface area (Å²) in [7, 11) is 0. The van der Waals surface area contributed by atoms with Gasteiger partial charge in [-0.25, -0.2) is 4.79 Å². The van der Waals surface area contributed by atoms with Gasteiger partial charge in [0.15, 0.2) is 24.2 Å². The van der Waals surface area contributed by atoms with Crippen LogP contribution in [0.2, 0.25) is 5.02 Å². The number of esters is 1. The second-order valence-corrected chi connectivity index (χ2v) is 5.87. The van der Waals surface area contributed by atoms with E-state index in [4.69, 9.17) is 30.5 Å². The fraction of sp³-hybridized carbons (Fsp3) is 0.222. The fourth-order valence-electron chi connectivity index (χ4n) is 2.20. The highest BCUT2D eigenvalue weighted by Gasteiger charge is 2.20. The summed E-state index contributed by atoms with van der Waals surface area (Å²) in [4.78, 5) is 24.0. The van der Waals surface area contributed by atoms with E-state index in [1.807, 2.05) is 0 Å². The van der Waals surface area contributed by atoms with Crippen molar-refractivity contribution in [3.05, 3.63) is 47.5 Å². The maximum absolute atomic E-state index is 12.1. The molecular weight excluding hydrogens is 362 g/mol. The van der Waals surface area contributed by atoms with E-state index in [1.54, 1.807) is 42.5 Å². The first-order chi connectivity index (χ1) is 12.5. The minimum atomic E-state index is -0.990. The number of hydrogen-bond acceptors (Lipinski definition) is 6. The summed E-state index contributed by atoms with van der Waals surface area (Å²) in [5.74, 6) is 0.452. The standard InChI is InChI=1S/C18H16ClNO6/c1-11(26-17(21)9-23-14-4-2-3-12(19)7-14)18(22)20-13-5-6-15-16(8-13)25-10-24-15/h2-8,11H,9-10H2,1H3,(H,20,22). The number of carbonyl (C=O) groups is 2. The van der Waals surface area contributed by atoms with Crippen LogP contribution in [0.15, 0.2) is 42.5 Å². The lowest BCUT2D eigenvalue weighted by Gasteiger charge is -2.14. The summed E-state index contributed by atoms with van der Waals surface area (Å²) in [6.45, 7) is 1.29. The highest BCUT2D eigenvalue weighted by atomic mass is 35.5. The number of carbonyl (C=O) groups excluding carboxylic acids is 2. The second-order valence-electron chi connectivity index (χ2n) is 5.44. The average molecular weight is 378 g/mol. The number of rotatable bonds is 6. The maximum Gasteiger partial charge on any atom is 0.344 e. The van der Waals surface area contributed by atoms with Crippen molar-refractivity contribution in [3.8, 4) is 17.2 Å². The molecule has 1 aliphatic rings. The van der Waals surface area contributed by atoms with Gasteiger partial charge >= 0.3 is 5.97 Å². The Hall–Kier alpha value is -2.93. The van der Waals surface area contributed by atoms with Crippen molar-refractivity contribution >= 4 is 29.2 Å². The Kier molecular flexibility index (Phi) is 5.48. The van der Waals surface area contributed by atoms with Crippen molar-refractivity contribution in [1.29, 1.82) is 0 Å². The minimum Gasteiger partial charge on any atom is -0.482 e. The van der Waals surface area contributed by atoms with Gasteiger partial charge in [-0.15, -0.1) is 0 Å². The number of amides is 1. The molecule has 136 valence electrons. The van der Waals surface area contributed by atoms with E-state index in [-0.39, 0.29) is 13.4 Å². The van der Waals surface area contributed by atoms with Gasteiger partial charge in [0.1, 0.15) is 5.75 Å². The molecule has 1 N–H and O–H groups in total. The molecule has 2 aromatic carbocycles. The van der Waals surface area contributed by atoms with Gasteiger partial charge in [0.05, 0.1) is 0 Å². The Morgan fingerprint density at radius 3 is 2.81 bits per heavy atom. The molecule has 1 aliphatic heterocycles. The third-order valence-corrected chi connectivity index (χ3v) is 3.71. The third-order valence-electron chi connectivity index (χ3n) is 3.47. The van der Waals surface area contributed by atoms with E-state index in [0.717, 1.165) is 0 Å². The number of fused-ring (bicyclic) bond motifs is 1. The van der Waals surface area contributed by atoms with Crippen LogP contribution < -0.4 is 19.5 Å². The van der Waals surface area contributed by atoms with Crippen LogP contribution in [0.25, 0.3) is 0 Å². The summed E-state index contributed by atoms with van der Waals surface area (Å²) in [5.41, 5.74) is 0.511. The Balaban J connectivity index is 1.48. The molecular formula is C18H16ClNO6. The number of halogens is 1. The average Bonchev–Trinajstić information content (AvgIpc) is 3.07. The molecule has 0 saturated carbocycles. The van der Waals surface area contributed by atoms with Gasteiger partial charge in [-0.05, 0) is 37.3 Å². The number of anilines is 1. The summed E-state index contributed by atoms with van der Waals surface area (Å²) < 4.78 is 20.8. The zero-order chi connectivity index (χ0) is 18.5. The maximum atomic E-state index is 12.1. The van der Waals surface area contributed by atoms with Crippen LogP contribution in [-0.2, 0) is 14.3 Å². The van der Waals surface area contributed by atoms with Gasteiger partial charge in [-0.2, -0.15) is 0 Å². The largest absolute Gasteiger partial charge is 0.482 e. The minimum absolute atomic E-state index is 0.146. The van der Waals surface area contributed by atoms with Crippen molar-refractivity contribution in [2.45, 2.75) is 13.0 Å². The van der Waals surface area contributed by atoms with Crippen molar-refractivity contribution < 1.29 is 28.5 Å². The predicted octanol–water partition coefficient (Wildman–Crippen LogP) is 3.02. The molecule has 0 aromatic heterocycles. The summed E-state index contributed by atoms with van der Waals surface area (Å²) >= 11 is 5.83. The van der Waals surface area contributed by atoms with Gasteiger partial charge in [0.2, 0.25) is 6.79 Å². The molecule has 0 saturated heterocycles. The summed E-state index contributed by atoms with van der Waals surface area (Å²) in [6, 6.07) is 11.6. The molecule has 1 amide bonds. The molecule has 1 atom stereocenters. The van der Waals surface area contributed by atoms with E-state index in [0.29, 0.717) is 28.0 Å². The zero-order valence-corrected chi connectivity index (χ0v) is 14.6. The Morgan fingerprint density at radius 1 is 1.19 bits per heavy atom. The molecule has 2 aromatic rings. The van der Waals surface area contributed by atoms with Crippen LogP contribution in [0.3, 0.4) is 0 Å². The van der Waals surface area contributed by atoms with E-state index in [2.05, 4.69) is 5.32 Å². The lowest BCUT2D eigenvalue weighted by atomic mass is 10.2. The van der Waals surface area contributed by atoms with Gasteiger partial charge in [-0.1, -0.05) is 17.7 Å². The summed E-state index contributed by atoms with van der Waals surface area (Å²) in [5, 5.41) is 3.14. The molecule has 8 heteroatoms. The van der Waals surface area contributed by atoms with Gasteiger partial charge < -0.3 is 24.3 Å². The van der Waals surface area contributed by atoms with E-state index in [9.17, 15) is 9.59 Å². The van der Waals surface area contributed by atoms with Crippen molar-refractivity contribution in [1.82, 2.24) is 0 Å². The molecule has 7 nitrogen and oxygen atoms in total.